The second-order valence-electron chi connectivity index (χ2n) is 8.09. The van der Waals surface area contributed by atoms with Gasteiger partial charge >= 0.3 is 0 Å². The molecule has 27 heavy (non-hydrogen) atoms. The van der Waals surface area contributed by atoms with Crippen LogP contribution in [0.5, 0.6) is 11.5 Å². The van der Waals surface area contributed by atoms with Gasteiger partial charge in [-0.25, -0.2) is 4.99 Å². The predicted octanol–water partition coefficient (Wildman–Crippen LogP) is 4.21. The van der Waals surface area contributed by atoms with Crippen LogP contribution in [-0.4, -0.2) is 30.4 Å². The molecular formula is C22H22N2O3. The van der Waals surface area contributed by atoms with Crippen LogP contribution in [0.4, 0.5) is 11.4 Å². The highest BCUT2D eigenvalue weighted by Gasteiger charge is 2.47. The third kappa shape index (κ3) is 2.37. The van der Waals surface area contributed by atoms with Crippen LogP contribution in [0, 0.1) is 0 Å². The van der Waals surface area contributed by atoms with Gasteiger partial charge in [-0.05, 0) is 43.9 Å². The van der Waals surface area contributed by atoms with E-state index in [2.05, 4.69) is 26.8 Å². The van der Waals surface area contributed by atoms with Gasteiger partial charge in [-0.15, -0.1) is 0 Å². The minimum absolute atomic E-state index is 0.0239. The lowest BCUT2D eigenvalue weighted by atomic mass is 9.80. The van der Waals surface area contributed by atoms with Gasteiger partial charge in [0.1, 0.15) is 18.9 Å². The van der Waals surface area contributed by atoms with Gasteiger partial charge in [0, 0.05) is 17.2 Å². The molecule has 3 heterocycles. The lowest BCUT2D eigenvalue weighted by molar-refractivity contribution is -0.113. The summed E-state index contributed by atoms with van der Waals surface area (Å²) in [6.07, 6.45) is 0.937. The normalized spacial score (nSPS) is 23.5. The molecule has 0 saturated carbocycles. The number of rotatable bonds is 1. The lowest BCUT2D eigenvalue weighted by Crippen LogP contribution is -2.50. The zero-order chi connectivity index (χ0) is 18.8. The van der Waals surface area contributed by atoms with Crippen molar-refractivity contribution in [3.05, 3.63) is 47.5 Å². The van der Waals surface area contributed by atoms with Crippen molar-refractivity contribution in [2.75, 3.05) is 18.1 Å². The number of anilines is 1. The van der Waals surface area contributed by atoms with Gasteiger partial charge in [-0.1, -0.05) is 25.1 Å². The summed E-state index contributed by atoms with van der Waals surface area (Å²) in [4.78, 5) is 20.0. The number of ether oxygens (including phenoxy) is 2. The first-order chi connectivity index (χ1) is 13.0. The van der Waals surface area contributed by atoms with Crippen molar-refractivity contribution < 1.29 is 14.3 Å². The Morgan fingerprint density at radius 2 is 1.89 bits per heavy atom. The molecule has 0 radical (unpaired) electrons. The molecule has 1 amide bonds. The Labute approximate surface area is 158 Å². The van der Waals surface area contributed by atoms with Crippen molar-refractivity contribution in [2.45, 2.75) is 38.6 Å². The molecule has 5 heteroatoms. The predicted molar refractivity (Wildman–Crippen MR) is 105 cm³/mol. The third-order valence-corrected chi connectivity index (χ3v) is 5.66. The Morgan fingerprint density at radius 1 is 1.11 bits per heavy atom. The van der Waals surface area contributed by atoms with Gasteiger partial charge in [0.05, 0.1) is 11.4 Å². The molecule has 3 aliphatic heterocycles. The van der Waals surface area contributed by atoms with Crippen molar-refractivity contribution in [3.8, 4) is 11.5 Å². The topological polar surface area (TPSA) is 51.1 Å². The molecule has 0 aliphatic carbocycles. The summed E-state index contributed by atoms with van der Waals surface area (Å²) in [5.41, 5.74) is 4.16. The summed E-state index contributed by atoms with van der Waals surface area (Å²) in [6, 6.07) is 11.7. The van der Waals surface area contributed by atoms with E-state index in [9.17, 15) is 4.79 Å². The smallest absolute Gasteiger partial charge is 0.278 e. The lowest BCUT2D eigenvalue weighted by Gasteiger charge is -2.43. The van der Waals surface area contributed by atoms with Crippen LogP contribution in [0.15, 0.2) is 41.4 Å². The Balaban J connectivity index is 1.65. The van der Waals surface area contributed by atoms with Crippen molar-refractivity contribution in [1.29, 1.82) is 0 Å². The van der Waals surface area contributed by atoms with Crippen molar-refractivity contribution in [3.63, 3.8) is 0 Å². The van der Waals surface area contributed by atoms with E-state index >= 15 is 0 Å². The molecule has 5 rings (SSSR count). The number of hydrogen-bond donors (Lipinski definition) is 0. The number of benzene rings is 2. The summed E-state index contributed by atoms with van der Waals surface area (Å²) in [6.45, 7) is 7.58. The fourth-order valence-electron chi connectivity index (χ4n) is 4.59. The van der Waals surface area contributed by atoms with Gasteiger partial charge in [-0.2, -0.15) is 0 Å². The van der Waals surface area contributed by atoms with Crippen LogP contribution in [0.3, 0.4) is 0 Å². The number of carbonyl (C=O) groups excluding carboxylic acids is 1. The number of carbonyl (C=O) groups is 1. The van der Waals surface area contributed by atoms with Crippen LogP contribution in [0.2, 0.25) is 0 Å². The SMILES string of the molecule is C[C@H]1CC(C)(C)N2C(=O)C(=Nc3ccc4c(c3)OCCO4)c3cccc1c32. The maximum Gasteiger partial charge on any atom is 0.278 e. The minimum Gasteiger partial charge on any atom is -0.486 e. The standard InChI is InChI=1S/C22H22N2O3/c1-13-12-22(2,3)24-20-15(13)5-4-6-16(20)19(21(24)25)23-14-7-8-17-18(11-14)27-10-9-26-17/h4-8,11,13H,9-10,12H2,1-3H3/t13-/m0/s1. The molecular weight excluding hydrogens is 340 g/mol. The van der Waals surface area contributed by atoms with Gasteiger partial charge in [0.25, 0.3) is 5.91 Å². The zero-order valence-electron chi connectivity index (χ0n) is 15.8. The molecule has 0 N–H and O–H groups in total. The fraction of sp³-hybridized carbons (Fsp3) is 0.364. The molecule has 0 unspecified atom stereocenters. The number of amides is 1. The first-order valence-corrected chi connectivity index (χ1v) is 9.42. The van der Waals surface area contributed by atoms with E-state index in [1.165, 1.54) is 5.56 Å². The van der Waals surface area contributed by atoms with E-state index < -0.39 is 0 Å². The Kier molecular flexibility index (Phi) is 3.39. The Hall–Kier alpha value is -2.82. The average Bonchev–Trinajstić information content (AvgIpc) is 2.93. The monoisotopic (exact) mass is 362 g/mol. The van der Waals surface area contributed by atoms with E-state index in [-0.39, 0.29) is 11.4 Å². The summed E-state index contributed by atoms with van der Waals surface area (Å²) < 4.78 is 11.2. The highest BCUT2D eigenvalue weighted by Crippen LogP contribution is 2.48. The number of nitrogens with zero attached hydrogens (tertiary/aromatic N) is 2. The van der Waals surface area contributed by atoms with Crippen LogP contribution in [-0.2, 0) is 4.79 Å². The van der Waals surface area contributed by atoms with Crippen LogP contribution >= 0.6 is 0 Å². The molecule has 3 aliphatic rings. The second kappa shape index (κ2) is 5.59. The number of fused-ring (bicyclic) bond motifs is 1. The summed E-state index contributed by atoms with van der Waals surface area (Å²) >= 11 is 0. The molecule has 0 aromatic heterocycles. The largest absolute Gasteiger partial charge is 0.486 e. The molecule has 0 fully saturated rings. The molecule has 0 bridgehead atoms. The fourth-order valence-corrected chi connectivity index (χ4v) is 4.59. The molecule has 2 aromatic rings. The molecule has 0 spiro atoms. The molecule has 2 aromatic carbocycles. The molecule has 138 valence electrons. The maximum absolute atomic E-state index is 13.3. The quantitative estimate of drug-likeness (QED) is 0.763. The molecule has 1 atom stereocenters. The van der Waals surface area contributed by atoms with Gasteiger partial charge < -0.3 is 14.4 Å². The Morgan fingerprint density at radius 3 is 2.70 bits per heavy atom. The maximum atomic E-state index is 13.3. The van der Waals surface area contributed by atoms with E-state index in [4.69, 9.17) is 14.5 Å². The van der Waals surface area contributed by atoms with Crippen LogP contribution < -0.4 is 14.4 Å². The van der Waals surface area contributed by atoms with Gasteiger partial charge in [0.15, 0.2) is 11.5 Å². The number of para-hydroxylation sites is 1. The highest BCUT2D eigenvalue weighted by atomic mass is 16.6. The van der Waals surface area contributed by atoms with Crippen LogP contribution in [0.1, 0.15) is 44.2 Å². The van der Waals surface area contributed by atoms with Crippen LogP contribution in [0.25, 0.3) is 0 Å². The average molecular weight is 362 g/mol. The van der Waals surface area contributed by atoms with E-state index in [1.807, 2.05) is 35.2 Å². The van der Waals surface area contributed by atoms with Gasteiger partial charge in [0.2, 0.25) is 0 Å². The summed E-state index contributed by atoms with van der Waals surface area (Å²) in [5, 5.41) is 0. The van der Waals surface area contributed by atoms with E-state index in [0.29, 0.717) is 36.3 Å². The van der Waals surface area contributed by atoms with E-state index in [1.54, 1.807) is 0 Å². The number of aliphatic imine (C=N–C) groups is 1. The summed E-state index contributed by atoms with van der Waals surface area (Å²) in [7, 11) is 0. The summed E-state index contributed by atoms with van der Waals surface area (Å²) in [5.74, 6) is 1.79. The highest BCUT2D eigenvalue weighted by molar-refractivity contribution is 6.55. The van der Waals surface area contributed by atoms with Crippen molar-refractivity contribution >= 4 is 23.0 Å². The van der Waals surface area contributed by atoms with Crippen molar-refractivity contribution in [1.82, 2.24) is 0 Å². The molecule has 5 nitrogen and oxygen atoms in total. The zero-order valence-corrected chi connectivity index (χ0v) is 15.8. The molecule has 0 saturated heterocycles. The second-order valence-corrected chi connectivity index (χ2v) is 8.09. The van der Waals surface area contributed by atoms with Gasteiger partial charge in [-0.3, -0.25) is 4.79 Å². The minimum atomic E-state index is -0.232. The number of hydrogen-bond acceptors (Lipinski definition) is 4. The first-order valence-electron chi connectivity index (χ1n) is 9.42. The van der Waals surface area contributed by atoms with E-state index in [0.717, 1.165) is 23.4 Å². The first kappa shape index (κ1) is 16.4. The third-order valence-electron chi connectivity index (χ3n) is 5.66. The Bertz CT molecular complexity index is 993. The van der Waals surface area contributed by atoms with Crippen molar-refractivity contribution in [2.24, 2.45) is 4.99 Å².